The van der Waals surface area contributed by atoms with Crippen LogP contribution in [-0.4, -0.2) is 16.1 Å². The van der Waals surface area contributed by atoms with E-state index in [0.29, 0.717) is 5.56 Å². The minimum atomic E-state index is -0.945. The molecule has 1 aromatic heterocycles. The Morgan fingerprint density at radius 3 is 2.83 bits per heavy atom. The first-order valence-electron chi connectivity index (χ1n) is 3.12. The molecule has 1 rings (SSSR count). The Balaban J connectivity index is 3.00. The number of carbonyl (C=O) groups is 1. The number of pyridine rings is 1. The van der Waals surface area contributed by atoms with Crippen molar-refractivity contribution in [1.82, 2.24) is 4.98 Å². The Bertz CT molecular complexity index is 314. The van der Waals surface area contributed by atoms with Crippen molar-refractivity contribution in [1.29, 1.82) is 0 Å². The first kappa shape index (κ1) is 9.29. The van der Waals surface area contributed by atoms with E-state index in [1.54, 1.807) is 0 Å². The molecule has 0 radical (unpaired) electrons. The van der Waals surface area contributed by atoms with Gasteiger partial charge >= 0.3 is 5.97 Å². The van der Waals surface area contributed by atoms with E-state index in [-0.39, 0.29) is 16.6 Å². The molecule has 1 heterocycles. The molecule has 3 nitrogen and oxygen atoms in total. The molecule has 0 aliphatic rings. The van der Waals surface area contributed by atoms with Crippen LogP contribution in [0.15, 0.2) is 12.3 Å². The van der Waals surface area contributed by atoms with E-state index in [2.05, 4.69) is 4.98 Å². The maximum atomic E-state index is 10.3. The van der Waals surface area contributed by atoms with Gasteiger partial charge in [0.1, 0.15) is 5.15 Å². The van der Waals surface area contributed by atoms with E-state index < -0.39 is 5.97 Å². The van der Waals surface area contributed by atoms with Crippen molar-refractivity contribution in [3.63, 3.8) is 0 Å². The number of halogens is 2. The summed E-state index contributed by atoms with van der Waals surface area (Å²) < 4.78 is 0. The van der Waals surface area contributed by atoms with Gasteiger partial charge in [-0.25, -0.2) is 4.98 Å². The fourth-order valence-corrected chi connectivity index (χ4v) is 1.11. The van der Waals surface area contributed by atoms with Crippen LogP contribution in [-0.2, 0) is 11.2 Å². The second kappa shape index (κ2) is 3.74. The molecule has 1 aromatic rings. The molecule has 0 fully saturated rings. The number of nitrogens with zero attached hydrogens (tertiary/aromatic N) is 1. The second-order valence-corrected chi connectivity index (χ2v) is 2.88. The monoisotopic (exact) mass is 205 g/mol. The summed E-state index contributed by atoms with van der Waals surface area (Å²) in [6, 6.07) is 1.53. The molecule has 12 heavy (non-hydrogen) atoms. The zero-order valence-corrected chi connectivity index (χ0v) is 7.43. The van der Waals surface area contributed by atoms with E-state index in [4.69, 9.17) is 28.3 Å². The number of hydrogen-bond acceptors (Lipinski definition) is 2. The summed E-state index contributed by atoms with van der Waals surface area (Å²) in [6.07, 6.45) is 1.29. The molecule has 0 saturated heterocycles. The Kier molecular flexibility index (Phi) is 2.89. The average Bonchev–Trinajstić information content (AvgIpc) is 1.98. The predicted molar refractivity (Wildman–Crippen MR) is 45.6 cm³/mol. The highest BCUT2D eigenvalue weighted by Gasteiger charge is 2.08. The lowest BCUT2D eigenvalue weighted by molar-refractivity contribution is -0.136. The van der Waals surface area contributed by atoms with Crippen LogP contribution in [0.1, 0.15) is 5.56 Å². The summed E-state index contributed by atoms with van der Waals surface area (Å²) in [4.78, 5) is 14.0. The third-order valence-electron chi connectivity index (χ3n) is 1.27. The molecule has 0 atom stereocenters. The van der Waals surface area contributed by atoms with Gasteiger partial charge in [-0.2, -0.15) is 0 Å². The quantitative estimate of drug-likeness (QED) is 0.753. The Labute approximate surface area is 78.9 Å². The van der Waals surface area contributed by atoms with Crippen molar-refractivity contribution in [2.24, 2.45) is 0 Å². The van der Waals surface area contributed by atoms with Gasteiger partial charge in [0, 0.05) is 6.20 Å². The smallest absolute Gasteiger partial charge is 0.307 e. The summed E-state index contributed by atoms with van der Waals surface area (Å²) in [7, 11) is 0. The molecule has 0 unspecified atom stereocenters. The van der Waals surface area contributed by atoms with E-state index >= 15 is 0 Å². The van der Waals surface area contributed by atoms with Crippen LogP contribution in [0.3, 0.4) is 0 Å². The first-order valence-corrected chi connectivity index (χ1v) is 3.87. The molecule has 1 N–H and O–H groups in total. The molecule has 0 aromatic carbocycles. The lowest BCUT2D eigenvalue weighted by Crippen LogP contribution is -2.01. The van der Waals surface area contributed by atoms with Gasteiger partial charge in [0.2, 0.25) is 0 Å². The van der Waals surface area contributed by atoms with E-state index in [0.717, 1.165) is 0 Å². The van der Waals surface area contributed by atoms with Gasteiger partial charge < -0.3 is 5.11 Å². The lowest BCUT2D eigenvalue weighted by Gasteiger charge is -2.00. The molecule has 0 bridgehead atoms. The van der Waals surface area contributed by atoms with Crippen molar-refractivity contribution >= 4 is 29.2 Å². The van der Waals surface area contributed by atoms with Crippen LogP contribution in [0.2, 0.25) is 10.2 Å². The van der Waals surface area contributed by atoms with Crippen LogP contribution >= 0.6 is 23.2 Å². The van der Waals surface area contributed by atoms with E-state index in [9.17, 15) is 4.79 Å². The number of rotatable bonds is 2. The highest BCUT2D eigenvalue weighted by molar-refractivity contribution is 6.41. The number of carboxylic acids is 1. The molecule has 5 heteroatoms. The van der Waals surface area contributed by atoms with Crippen LogP contribution in [0, 0.1) is 0 Å². The van der Waals surface area contributed by atoms with Crippen molar-refractivity contribution in [3.05, 3.63) is 28.0 Å². The standard InChI is InChI=1S/C7H5Cl2NO2/c8-6-4(3-5(11)12)1-2-10-7(6)9/h1-2H,3H2,(H,11,12). The molecule has 0 aliphatic carbocycles. The highest BCUT2D eigenvalue weighted by Crippen LogP contribution is 2.23. The maximum absolute atomic E-state index is 10.3. The third kappa shape index (κ3) is 2.09. The van der Waals surface area contributed by atoms with Crippen molar-refractivity contribution in [2.75, 3.05) is 0 Å². The van der Waals surface area contributed by atoms with Gasteiger partial charge in [-0.15, -0.1) is 0 Å². The highest BCUT2D eigenvalue weighted by atomic mass is 35.5. The molecular weight excluding hydrogens is 201 g/mol. The zero-order chi connectivity index (χ0) is 9.14. The van der Waals surface area contributed by atoms with Gasteiger partial charge in [-0.1, -0.05) is 23.2 Å². The first-order chi connectivity index (χ1) is 5.61. The number of hydrogen-bond donors (Lipinski definition) is 1. The predicted octanol–water partition coefficient (Wildman–Crippen LogP) is 2.02. The van der Waals surface area contributed by atoms with Gasteiger partial charge in [-0.05, 0) is 11.6 Å². The van der Waals surface area contributed by atoms with Crippen LogP contribution in [0.5, 0.6) is 0 Å². The third-order valence-corrected chi connectivity index (χ3v) is 2.07. The minimum absolute atomic E-state index is 0.135. The van der Waals surface area contributed by atoms with Gasteiger partial charge in [-0.3, -0.25) is 4.79 Å². The number of aliphatic carboxylic acids is 1. The van der Waals surface area contributed by atoms with Crippen LogP contribution < -0.4 is 0 Å². The summed E-state index contributed by atoms with van der Waals surface area (Å²) in [5.74, 6) is -0.945. The van der Waals surface area contributed by atoms with Crippen molar-refractivity contribution < 1.29 is 9.90 Å². The summed E-state index contributed by atoms with van der Waals surface area (Å²) >= 11 is 11.2. The van der Waals surface area contributed by atoms with Gasteiger partial charge in [0.15, 0.2) is 0 Å². The Morgan fingerprint density at radius 2 is 2.25 bits per heavy atom. The number of carboxylic acid groups (broad SMARTS) is 1. The fraction of sp³-hybridized carbons (Fsp3) is 0.143. The molecule has 0 saturated carbocycles. The second-order valence-electron chi connectivity index (χ2n) is 2.15. The van der Waals surface area contributed by atoms with Gasteiger partial charge in [0.05, 0.1) is 11.4 Å². The fourth-order valence-electron chi connectivity index (χ4n) is 0.754. The summed E-state index contributed by atoms with van der Waals surface area (Å²) in [6.45, 7) is 0. The van der Waals surface area contributed by atoms with Gasteiger partial charge in [0.25, 0.3) is 0 Å². The number of aromatic nitrogens is 1. The largest absolute Gasteiger partial charge is 0.481 e. The molecule has 0 amide bonds. The Hall–Kier alpha value is -0.800. The molecule has 64 valence electrons. The van der Waals surface area contributed by atoms with E-state index in [1.807, 2.05) is 0 Å². The summed E-state index contributed by atoms with van der Waals surface area (Å²) in [5, 5.41) is 8.80. The summed E-state index contributed by atoms with van der Waals surface area (Å²) in [5.41, 5.74) is 0.476. The SMILES string of the molecule is O=C(O)Cc1ccnc(Cl)c1Cl. The topological polar surface area (TPSA) is 50.2 Å². The van der Waals surface area contributed by atoms with Crippen LogP contribution in [0.4, 0.5) is 0 Å². The molecule has 0 aliphatic heterocycles. The normalized spacial score (nSPS) is 9.83. The molecule has 0 spiro atoms. The van der Waals surface area contributed by atoms with E-state index in [1.165, 1.54) is 12.3 Å². The Morgan fingerprint density at radius 1 is 1.58 bits per heavy atom. The average molecular weight is 206 g/mol. The van der Waals surface area contributed by atoms with Crippen molar-refractivity contribution in [3.8, 4) is 0 Å². The van der Waals surface area contributed by atoms with Crippen molar-refractivity contribution in [2.45, 2.75) is 6.42 Å². The zero-order valence-electron chi connectivity index (χ0n) is 5.92. The lowest BCUT2D eigenvalue weighted by atomic mass is 10.2. The minimum Gasteiger partial charge on any atom is -0.481 e. The maximum Gasteiger partial charge on any atom is 0.307 e. The van der Waals surface area contributed by atoms with Crippen LogP contribution in [0.25, 0.3) is 0 Å². The molecular formula is C7H5Cl2NO2.